The topological polar surface area (TPSA) is 68.0 Å². The van der Waals surface area contributed by atoms with Gasteiger partial charge in [0.2, 0.25) is 0 Å². The molecule has 3 N–H and O–H groups in total. The lowest BCUT2D eigenvalue weighted by Crippen LogP contribution is -2.33. The first kappa shape index (κ1) is 14.3. The molecule has 21 heavy (non-hydrogen) atoms. The largest absolute Gasteiger partial charge is 0.397 e. The first-order chi connectivity index (χ1) is 9.87. The minimum absolute atomic E-state index is 0.0578. The summed E-state index contributed by atoms with van der Waals surface area (Å²) in [7, 11) is 0. The summed E-state index contributed by atoms with van der Waals surface area (Å²) in [5, 5.41) is 4.05. The summed E-state index contributed by atoms with van der Waals surface area (Å²) in [5.41, 5.74) is 8.13. The van der Waals surface area contributed by atoms with Crippen molar-refractivity contribution in [3.05, 3.63) is 22.7 Å². The van der Waals surface area contributed by atoms with E-state index in [4.69, 9.17) is 5.73 Å². The highest BCUT2D eigenvalue weighted by molar-refractivity contribution is 7.21. The van der Waals surface area contributed by atoms with Crippen molar-refractivity contribution in [2.45, 2.75) is 46.1 Å². The second-order valence-electron chi connectivity index (χ2n) is 6.73. The number of nitrogens with one attached hydrogen (secondary N) is 1. The van der Waals surface area contributed by atoms with E-state index in [1.807, 2.05) is 13.0 Å². The minimum atomic E-state index is -0.0578. The van der Waals surface area contributed by atoms with Gasteiger partial charge in [-0.05, 0) is 43.2 Å². The third-order valence-corrected chi connectivity index (χ3v) is 5.46. The zero-order valence-electron chi connectivity index (χ0n) is 12.7. The van der Waals surface area contributed by atoms with E-state index in [9.17, 15) is 4.79 Å². The summed E-state index contributed by atoms with van der Waals surface area (Å²) < 4.78 is 0. The van der Waals surface area contributed by atoms with Crippen LogP contribution in [0.3, 0.4) is 0 Å². The molecule has 2 aromatic rings. The number of nitrogens with two attached hydrogens (primary N) is 1. The van der Waals surface area contributed by atoms with E-state index in [1.54, 1.807) is 6.20 Å². The molecule has 1 saturated carbocycles. The number of hydrogen-bond acceptors (Lipinski definition) is 4. The van der Waals surface area contributed by atoms with Gasteiger partial charge in [-0.15, -0.1) is 11.3 Å². The number of rotatable bonds is 2. The third-order valence-electron chi connectivity index (χ3n) is 4.35. The standard InChI is InChI=1S/C16H21N3OS/c1-9-5-7-18-15-11(9)12(17)13(21-15)14(20)19-10-4-6-16(2,3)8-10/h5,7,10H,4,6,8,17H2,1-3H3,(H,19,20). The maximum absolute atomic E-state index is 12.5. The van der Waals surface area contributed by atoms with Crippen molar-refractivity contribution in [3.63, 3.8) is 0 Å². The van der Waals surface area contributed by atoms with Crippen molar-refractivity contribution in [3.8, 4) is 0 Å². The Bertz CT molecular complexity index is 705. The molecule has 3 rings (SSSR count). The Morgan fingerprint density at radius 3 is 2.90 bits per heavy atom. The monoisotopic (exact) mass is 303 g/mol. The third kappa shape index (κ3) is 2.62. The van der Waals surface area contributed by atoms with Gasteiger partial charge in [0.05, 0.1) is 5.69 Å². The van der Waals surface area contributed by atoms with Crippen LogP contribution in [-0.4, -0.2) is 16.9 Å². The number of amides is 1. The fraction of sp³-hybridized carbons (Fsp3) is 0.500. The zero-order valence-corrected chi connectivity index (χ0v) is 13.5. The number of nitrogens with zero attached hydrogens (tertiary/aromatic N) is 1. The Morgan fingerprint density at radius 1 is 1.52 bits per heavy atom. The van der Waals surface area contributed by atoms with Crippen molar-refractivity contribution in [1.29, 1.82) is 0 Å². The molecule has 5 heteroatoms. The highest BCUT2D eigenvalue weighted by Crippen LogP contribution is 2.38. The van der Waals surface area contributed by atoms with Crippen LogP contribution in [0.5, 0.6) is 0 Å². The Balaban J connectivity index is 1.86. The number of carbonyl (C=O) groups is 1. The van der Waals surface area contributed by atoms with Gasteiger partial charge in [-0.1, -0.05) is 13.8 Å². The van der Waals surface area contributed by atoms with Crippen LogP contribution >= 0.6 is 11.3 Å². The molecule has 1 amide bonds. The predicted octanol–water partition coefficient (Wildman–Crippen LogP) is 3.50. The van der Waals surface area contributed by atoms with Crippen molar-refractivity contribution < 1.29 is 4.79 Å². The molecule has 0 radical (unpaired) electrons. The van der Waals surface area contributed by atoms with Crippen molar-refractivity contribution in [2.24, 2.45) is 5.41 Å². The molecule has 112 valence electrons. The molecule has 1 aliphatic carbocycles. The predicted molar refractivity (Wildman–Crippen MR) is 87.7 cm³/mol. The summed E-state index contributed by atoms with van der Waals surface area (Å²) in [6, 6.07) is 2.18. The van der Waals surface area contributed by atoms with Crippen LogP contribution < -0.4 is 11.1 Å². The van der Waals surface area contributed by atoms with Crippen molar-refractivity contribution in [1.82, 2.24) is 10.3 Å². The maximum Gasteiger partial charge on any atom is 0.263 e. The summed E-state index contributed by atoms with van der Waals surface area (Å²) in [6.45, 7) is 6.49. The quantitative estimate of drug-likeness (QED) is 0.892. The second kappa shape index (κ2) is 4.98. The molecule has 0 bridgehead atoms. The summed E-state index contributed by atoms with van der Waals surface area (Å²) in [6.07, 6.45) is 4.98. The Hall–Kier alpha value is -1.62. The number of nitrogen functional groups attached to an aromatic ring is 1. The lowest BCUT2D eigenvalue weighted by atomic mass is 9.92. The van der Waals surface area contributed by atoms with E-state index in [2.05, 4.69) is 24.1 Å². The number of pyridine rings is 1. The van der Waals surface area contributed by atoms with Gasteiger partial charge in [-0.2, -0.15) is 0 Å². The molecule has 1 aliphatic rings. The Labute approximate surface area is 128 Å². The van der Waals surface area contributed by atoms with Gasteiger partial charge in [0.15, 0.2) is 0 Å². The lowest BCUT2D eigenvalue weighted by Gasteiger charge is -2.17. The molecule has 1 atom stereocenters. The number of thiophene rings is 1. The smallest absolute Gasteiger partial charge is 0.263 e. The van der Waals surface area contributed by atoms with Gasteiger partial charge in [0, 0.05) is 17.6 Å². The molecule has 1 unspecified atom stereocenters. The fourth-order valence-corrected chi connectivity index (χ4v) is 4.23. The normalized spacial score (nSPS) is 20.8. The summed E-state index contributed by atoms with van der Waals surface area (Å²) >= 11 is 1.38. The van der Waals surface area contributed by atoms with E-state index in [1.165, 1.54) is 11.3 Å². The van der Waals surface area contributed by atoms with Crippen LogP contribution in [0.4, 0.5) is 5.69 Å². The van der Waals surface area contributed by atoms with E-state index in [0.717, 1.165) is 35.0 Å². The van der Waals surface area contributed by atoms with Crippen LogP contribution in [-0.2, 0) is 0 Å². The van der Waals surface area contributed by atoms with Crippen LogP contribution in [0.15, 0.2) is 12.3 Å². The summed E-state index contributed by atoms with van der Waals surface area (Å²) in [4.78, 5) is 18.3. The van der Waals surface area contributed by atoms with E-state index >= 15 is 0 Å². The molecule has 0 aromatic carbocycles. The molecule has 0 saturated heterocycles. The number of carbonyl (C=O) groups excluding carboxylic acids is 1. The van der Waals surface area contributed by atoms with Crippen LogP contribution in [0, 0.1) is 12.3 Å². The molecular weight excluding hydrogens is 282 g/mol. The fourth-order valence-electron chi connectivity index (χ4n) is 3.18. The highest BCUT2D eigenvalue weighted by atomic mass is 32.1. The second-order valence-corrected chi connectivity index (χ2v) is 7.73. The number of anilines is 1. The summed E-state index contributed by atoms with van der Waals surface area (Å²) in [5.74, 6) is -0.0578. The van der Waals surface area contributed by atoms with Crippen LogP contribution in [0.2, 0.25) is 0 Å². The lowest BCUT2D eigenvalue weighted by molar-refractivity contribution is 0.0941. The first-order valence-corrected chi connectivity index (χ1v) is 8.13. The Kier molecular flexibility index (Phi) is 3.40. The average molecular weight is 303 g/mol. The average Bonchev–Trinajstić information content (AvgIpc) is 2.91. The molecule has 0 spiro atoms. The van der Waals surface area contributed by atoms with Gasteiger partial charge in [-0.3, -0.25) is 4.79 Å². The van der Waals surface area contributed by atoms with Crippen molar-refractivity contribution in [2.75, 3.05) is 5.73 Å². The van der Waals surface area contributed by atoms with Crippen LogP contribution in [0.1, 0.15) is 48.3 Å². The van der Waals surface area contributed by atoms with Gasteiger partial charge < -0.3 is 11.1 Å². The molecule has 1 fully saturated rings. The number of fused-ring (bicyclic) bond motifs is 1. The number of aryl methyl sites for hydroxylation is 1. The zero-order chi connectivity index (χ0) is 15.2. The molecule has 4 nitrogen and oxygen atoms in total. The van der Waals surface area contributed by atoms with Gasteiger partial charge >= 0.3 is 0 Å². The molecule has 2 aromatic heterocycles. The Morgan fingerprint density at radius 2 is 2.29 bits per heavy atom. The SMILES string of the molecule is Cc1ccnc2sc(C(=O)NC3CCC(C)(C)C3)c(N)c12. The molecule has 2 heterocycles. The number of aromatic nitrogens is 1. The van der Waals surface area contributed by atoms with E-state index in [0.29, 0.717) is 16.0 Å². The molecule has 0 aliphatic heterocycles. The van der Waals surface area contributed by atoms with Gasteiger partial charge in [-0.25, -0.2) is 4.98 Å². The van der Waals surface area contributed by atoms with Crippen LogP contribution in [0.25, 0.3) is 10.2 Å². The first-order valence-electron chi connectivity index (χ1n) is 7.32. The van der Waals surface area contributed by atoms with Gasteiger partial charge in [0.1, 0.15) is 9.71 Å². The minimum Gasteiger partial charge on any atom is -0.397 e. The van der Waals surface area contributed by atoms with Crippen molar-refractivity contribution >= 4 is 33.1 Å². The highest BCUT2D eigenvalue weighted by Gasteiger charge is 2.32. The number of hydrogen-bond donors (Lipinski definition) is 2. The van der Waals surface area contributed by atoms with E-state index in [-0.39, 0.29) is 11.9 Å². The van der Waals surface area contributed by atoms with Gasteiger partial charge in [0.25, 0.3) is 5.91 Å². The maximum atomic E-state index is 12.5. The molecular formula is C16H21N3OS. The van der Waals surface area contributed by atoms with E-state index < -0.39 is 0 Å².